The Balaban J connectivity index is 1.61. The lowest BCUT2D eigenvalue weighted by Gasteiger charge is -2.10. The van der Waals surface area contributed by atoms with Gasteiger partial charge >= 0.3 is 0 Å². The largest absolute Gasteiger partial charge is 0.361 e. The Labute approximate surface area is 143 Å². The number of para-hydroxylation sites is 1. The van der Waals surface area contributed by atoms with Crippen LogP contribution in [0.3, 0.4) is 0 Å². The predicted molar refractivity (Wildman–Crippen MR) is 98.1 cm³/mol. The summed E-state index contributed by atoms with van der Waals surface area (Å²) in [5.74, 6) is 0.0785. The number of H-pyrrole nitrogens is 1. The van der Waals surface area contributed by atoms with Crippen LogP contribution in [0.2, 0.25) is 0 Å². The second kappa shape index (κ2) is 6.96. The van der Waals surface area contributed by atoms with E-state index in [-0.39, 0.29) is 9.83 Å². The van der Waals surface area contributed by atoms with Crippen LogP contribution in [-0.4, -0.2) is 14.8 Å². The summed E-state index contributed by atoms with van der Waals surface area (Å²) < 4.78 is -0.0829. The van der Waals surface area contributed by atoms with Gasteiger partial charge in [-0.1, -0.05) is 71.1 Å². The van der Waals surface area contributed by atoms with E-state index in [4.69, 9.17) is 0 Å². The molecule has 1 atom stereocenters. The van der Waals surface area contributed by atoms with E-state index in [1.54, 1.807) is 0 Å². The van der Waals surface area contributed by atoms with Crippen molar-refractivity contribution in [2.45, 2.75) is 16.9 Å². The molecule has 3 nitrogen and oxygen atoms in total. The van der Waals surface area contributed by atoms with Crippen molar-refractivity contribution in [1.82, 2.24) is 10.3 Å². The minimum Gasteiger partial charge on any atom is -0.361 e. The first-order chi connectivity index (χ1) is 10.7. The molecule has 3 aromatic rings. The number of halogens is 1. The molecule has 0 saturated carbocycles. The van der Waals surface area contributed by atoms with E-state index in [0.717, 1.165) is 17.5 Å². The fourth-order valence-electron chi connectivity index (χ4n) is 2.48. The van der Waals surface area contributed by atoms with E-state index in [1.165, 1.54) is 10.9 Å². The summed E-state index contributed by atoms with van der Waals surface area (Å²) in [7, 11) is 0. The molecule has 2 aromatic carbocycles. The maximum absolute atomic E-state index is 12.2. The molecule has 1 unspecified atom stereocenters. The number of aromatic amines is 1. The summed E-state index contributed by atoms with van der Waals surface area (Å²) in [5.41, 5.74) is 3.42. The molecule has 0 radical (unpaired) electrons. The van der Waals surface area contributed by atoms with E-state index >= 15 is 0 Å². The minimum atomic E-state index is -0.0829. The third-order valence-corrected chi connectivity index (χ3v) is 4.67. The normalized spacial score (nSPS) is 12.2. The number of fused-ring (bicyclic) bond motifs is 1. The van der Waals surface area contributed by atoms with Crippen molar-refractivity contribution < 1.29 is 4.79 Å². The van der Waals surface area contributed by atoms with Crippen LogP contribution in [0.4, 0.5) is 0 Å². The second-order valence-corrected chi connectivity index (χ2v) is 6.74. The quantitative estimate of drug-likeness (QED) is 0.493. The van der Waals surface area contributed by atoms with Gasteiger partial charge in [0, 0.05) is 23.6 Å². The van der Waals surface area contributed by atoms with Crippen molar-refractivity contribution in [2.24, 2.45) is 0 Å². The molecule has 1 amide bonds. The lowest BCUT2D eigenvalue weighted by Crippen LogP contribution is -2.31. The van der Waals surface area contributed by atoms with Crippen LogP contribution in [0, 0.1) is 0 Å². The zero-order valence-corrected chi connectivity index (χ0v) is 14.2. The second-order valence-electron chi connectivity index (χ2n) is 5.23. The number of alkyl halides is 1. The van der Waals surface area contributed by atoms with Gasteiger partial charge in [0.15, 0.2) is 0 Å². The Bertz CT molecular complexity index is 767. The van der Waals surface area contributed by atoms with E-state index in [1.807, 2.05) is 48.7 Å². The molecule has 1 heterocycles. The molecule has 22 heavy (non-hydrogen) atoms. The topological polar surface area (TPSA) is 44.9 Å². The standard InChI is InChI=1S/C18H17IN2O/c19-16(18(22)21-11-13-6-2-1-3-7-13)10-14-12-20-17-9-5-4-8-15(14)17/h1-9,12,16,20H,10-11H2,(H,21,22). The Kier molecular flexibility index (Phi) is 4.77. The average Bonchev–Trinajstić information content (AvgIpc) is 2.97. The van der Waals surface area contributed by atoms with E-state index < -0.39 is 0 Å². The van der Waals surface area contributed by atoms with Gasteiger partial charge in [0.2, 0.25) is 5.91 Å². The van der Waals surface area contributed by atoms with Crippen molar-refractivity contribution in [3.05, 3.63) is 71.9 Å². The first kappa shape index (κ1) is 15.1. The fraction of sp³-hybridized carbons (Fsp3) is 0.167. The fourth-order valence-corrected chi connectivity index (χ4v) is 3.18. The number of rotatable bonds is 5. The smallest absolute Gasteiger partial charge is 0.233 e. The van der Waals surface area contributed by atoms with Gasteiger partial charge in [0.05, 0.1) is 3.92 Å². The number of nitrogens with one attached hydrogen (secondary N) is 2. The highest BCUT2D eigenvalue weighted by atomic mass is 127. The summed E-state index contributed by atoms with van der Waals surface area (Å²) in [4.78, 5) is 15.5. The number of carbonyl (C=O) groups excluding carboxylic acids is 1. The van der Waals surface area contributed by atoms with Crippen molar-refractivity contribution in [3.63, 3.8) is 0 Å². The molecule has 112 valence electrons. The summed E-state index contributed by atoms with van der Waals surface area (Å²) in [6.45, 7) is 0.576. The van der Waals surface area contributed by atoms with Crippen molar-refractivity contribution >= 4 is 39.4 Å². The summed E-state index contributed by atoms with van der Waals surface area (Å²) in [6.07, 6.45) is 2.73. The molecule has 0 aliphatic carbocycles. The maximum Gasteiger partial charge on any atom is 0.233 e. The third kappa shape index (κ3) is 3.50. The van der Waals surface area contributed by atoms with Crippen LogP contribution in [0.15, 0.2) is 60.8 Å². The Morgan fingerprint density at radius 2 is 1.82 bits per heavy atom. The van der Waals surface area contributed by atoms with E-state index in [2.05, 4.69) is 45.0 Å². The lowest BCUT2D eigenvalue weighted by molar-refractivity contribution is -0.120. The monoisotopic (exact) mass is 404 g/mol. The molecular formula is C18H17IN2O. The van der Waals surface area contributed by atoms with Gasteiger partial charge in [-0.3, -0.25) is 4.79 Å². The molecule has 0 spiro atoms. The summed E-state index contributed by atoms with van der Waals surface area (Å²) >= 11 is 2.22. The lowest BCUT2D eigenvalue weighted by atomic mass is 10.1. The highest BCUT2D eigenvalue weighted by Crippen LogP contribution is 2.21. The summed E-state index contributed by atoms with van der Waals surface area (Å²) in [6, 6.07) is 18.1. The zero-order chi connectivity index (χ0) is 15.4. The van der Waals surface area contributed by atoms with Gasteiger partial charge in [-0.25, -0.2) is 0 Å². The highest BCUT2D eigenvalue weighted by molar-refractivity contribution is 14.1. The van der Waals surface area contributed by atoms with Gasteiger partial charge in [-0.05, 0) is 23.6 Å². The molecule has 0 saturated heterocycles. The average molecular weight is 404 g/mol. The van der Waals surface area contributed by atoms with Gasteiger partial charge in [-0.2, -0.15) is 0 Å². The van der Waals surface area contributed by atoms with Gasteiger partial charge in [0.25, 0.3) is 0 Å². The van der Waals surface area contributed by atoms with Gasteiger partial charge < -0.3 is 10.3 Å². The van der Waals surface area contributed by atoms with E-state index in [0.29, 0.717) is 6.54 Å². The molecule has 0 aliphatic heterocycles. The van der Waals surface area contributed by atoms with Crippen LogP contribution in [0.5, 0.6) is 0 Å². The molecule has 0 aliphatic rings. The molecule has 0 fully saturated rings. The molecule has 0 bridgehead atoms. The van der Waals surface area contributed by atoms with Crippen LogP contribution in [0.1, 0.15) is 11.1 Å². The van der Waals surface area contributed by atoms with Gasteiger partial charge in [0.1, 0.15) is 0 Å². The third-order valence-electron chi connectivity index (χ3n) is 3.67. The van der Waals surface area contributed by atoms with Crippen LogP contribution in [-0.2, 0) is 17.8 Å². The molecule has 1 aromatic heterocycles. The number of amides is 1. The number of hydrogen-bond donors (Lipinski definition) is 2. The molecule has 2 N–H and O–H groups in total. The SMILES string of the molecule is O=C(NCc1ccccc1)C(I)Cc1c[nH]c2ccccc12. The molecule has 3 rings (SSSR count). The number of hydrogen-bond acceptors (Lipinski definition) is 1. The van der Waals surface area contributed by atoms with E-state index in [9.17, 15) is 4.79 Å². The van der Waals surface area contributed by atoms with Crippen LogP contribution >= 0.6 is 22.6 Å². The molecule has 4 heteroatoms. The Hall–Kier alpha value is -1.82. The Morgan fingerprint density at radius 1 is 1.09 bits per heavy atom. The summed E-state index contributed by atoms with van der Waals surface area (Å²) in [5, 5.41) is 4.20. The van der Waals surface area contributed by atoms with Gasteiger partial charge in [-0.15, -0.1) is 0 Å². The first-order valence-corrected chi connectivity index (χ1v) is 8.49. The van der Waals surface area contributed by atoms with Crippen molar-refractivity contribution in [2.75, 3.05) is 0 Å². The highest BCUT2D eigenvalue weighted by Gasteiger charge is 2.16. The van der Waals surface area contributed by atoms with Crippen LogP contribution < -0.4 is 5.32 Å². The number of aromatic nitrogens is 1. The Morgan fingerprint density at radius 3 is 2.64 bits per heavy atom. The predicted octanol–water partition coefficient (Wildman–Crippen LogP) is 3.83. The zero-order valence-electron chi connectivity index (χ0n) is 12.1. The molecular weight excluding hydrogens is 387 g/mol. The van der Waals surface area contributed by atoms with Crippen molar-refractivity contribution in [3.8, 4) is 0 Å². The first-order valence-electron chi connectivity index (χ1n) is 7.25. The number of carbonyl (C=O) groups is 1. The number of benzene rings is 2. The van der Waals surface area contributed by atoms with Crippen molar-refractivity contribution in [1.29, 1.82) is 0 Å². The minimum absolute atomic E-state index is 0.0785. The maximum atomic E-state index is 12.2. The van der Waals surface area contributed by atoms with Crippen LogP contribution in [0.25, 0.3) is 10.9 Å².